The molecule has 2 heterocycles. The van der Waals surface area contributed by atoms with E-state index in [0.717, 1.165) is 49.7 Å². The maximum Gasteiger partial charge on any atom is 0.410 e. The third kappa shape index (κ3) is 6.08. The van der Waals surface area contributed by atoms with Crippen molar-refractivity contribution in [2.45, 2.75) is 89.5 Å². The molecular formula is C30H36FNO5. The van der Waals surface area contributed by atoms with Gasteiger partial charge in [-0.1, -0.05) is 30.3 Å². The van der Waals surface area contributed by atoms with Gasteiger partial charge in [-0.15, -0.1) is 0 Å². The van der Waals surface area contributed by atoms with Crippen LogP contribution >= 0.6 is 0 Å². The lowest BCUT2D eigenvalue weighted by Crippen LogP contribution is -2.47. The van der Waals surface area contributed by atoms with Gasteiger partial charge in [0.2, 0.25) is 0 Å². The first-order chi connectivity index (χ1) is 17.7. The van der Waals surface area contributed by atoms with Crippen LogP contribution in [-0.2, 0) is 16.1 Å². The highest BCUT2D eigenvalue weighted by molar-refractivity contribution is 5.90. The van der Waals surface area contributed by atoms with Crippen LogP contribution in [0.3, 0.4) is 0 Å². The van der Waals surface area contributed by atoms with E-state index in [1.54, 1.807) is 26.8 Å². The first-order valence-electron chi connectivity index (χ1n) is 13.4. The number of halogens is 1. The van der Waals surface area contributed by atoms with Crippen molar-refractivity contribution < 1.29 is 28.2 Å². The number of nitrogens with zero attached hydrogens (tertiary/aromatic N) is 1. The van der Waals surface area contributed by atoms with Gasteiger partial charge < -0.3 is 19.1 Å². The zero-order valence-corrected chi connectivity index (χ0v) is 21.9. The van der Waals surface area contributed by atoms with E-state index in [2.05, 4.69) is 0 Å². The van der Waals surface area contributed by atoms with Crippen LogP contribution in [0.5, 0.6) is 5.75 Å². The summed E-state index contributed by atoms with van der Waals surface area (Å²) in [6.45, 7) is 6.04. The highest BCUT2D eigenvalue weighted by atomic mass is 19.1. The van der Waals surface area contributed by atoms with Crippen LogP contribution in [0, 0.1) is 11.7 Å². The number of carbonyl (C=O) groups excluding carboxylic acids is 2. The molecule has 2 aromatic rings. The van der Waals surface area contributed by atoms with Crippen molar-refractivity contribution in [2.24, 2.45) is 5.92 Å². The Balaban J connectivity index is 1.20. The summed E-state index contributed by atoms with van der Waals surface area (Å²) in [4.78, 5) is 27.3. The van der Waals surface area contributed by atoms with Gasteiger partial charge in [-0.2, -0.15) is 0 Å². The minimum Gasteiger partial charge on any atom is -0.493 e. The first kappa shape index (κ1) is 25.6. The minimum atomic E-state index is -0.694. The van der Waals surface area contributed by atoms with Crippen molar-refractivity contribution in [3.63, 3.8) is 0 Å². The Bertz CT molecular complexity index is 1130. The maximum atomic E-state index is 14.9. The summed E-state index contributed by atoms with van der Waals surface area (Å²) in [5, 5.41) is 0. The largest absolute Gasteiger partial charge is 0.493 e. The molecule has 6 nitrogen and oxygen atoms in total. The van der Waals surface area contributed by atoms with Crippen molar-refractivity contribution >= 4 is 12.1 Å². The standard InChI is InChI=1S/C30H36FNO5/c1-30(2,3)37-28(33)25-15-24(21-9-10-21)27(16-26(25)31)35-18-20-13-22-11-12-23(14-20)32(22)29(34)36-17-19-7-5-4-6-8-19/h4-8,15-16,20-23H,9-14,17-18H2,1-3H3. The van der Waals surface area contributed by atoms with E-state index < -0.39 is 17.4 Å². The topological polar surface area (TPSA) is 65.1 Å². The molecule has 2 aromatic carbocycles. The van der Waals surface area contributed by atoms with Gasteiger partial charge in [0.25, 0.3) is 0 Å². The van der Waals surface area contributed by atoms with Crippen molar-refractivity contribution in [3.05, 3.63) is 65.0 Å². The number of rotatable bonds is 7. The van der Waals surface area contributed by atoms with Gasteiger partial charge >= 0.3 is 12.1 Å². The number of hydrogen-bond acceptors (Lipinski definition) is 5. The lowest BCUT2D eigenvalue weighted by molar-refractivity contribution is 0.00641. The highest BCUT2D eigenvalue weighted by Gasteiger charge is 2.44. The SMILES string of the molecule is CC(C)(C)OC(=O)c1cc(C2CC2)c(OCC2CC3CCC(C2)N3C(=O)OCc2ccccc2)cc1F. The molecule has 3 aliphatic rings. The second kappa shape index (κ2) is 10.3. The quantitative estimate of drug-likeness (QED) is 0.393. The predicted molar refractivity (Wildman–Crippen MR) is 137 cm³/mol. The second-order valence-corrected chi connectivity index (χ2v) is 11.6. The molecule has 198 valence electrons. The monoisotopic (exact) mass is 509 g/mol. The van der Waals surface area contributed by atoms with Crippen LogP contribution in [-0.4, -0.2) is 41.3 Å². The third-order valence-corrected chi connectivity index (χ3v) is 7.46. The van der Waals surface area contributed by atoms with E-state index in [-0.39, 0.29) is 42.2 Å². The van der Waals surface area contributed by atoms with E-state index >= 15 is 0 Å². The van der Waals surface area contributed by atoms with Crippen LogP contribution in [0.4, 0.5) is 9.18 Å². The van der Waals surface area contributed by atoms with Crippen molar-refractivity contribution in [1.29, 1.82) is 0 Å². The molecule has 7 heteroatoms. The van der Waals surface area contributed by atoms with Gasteiger partial charge in [-0.3, -0.25) is 0 Å². The van der Waals surface area contributed by atoms with Crippen molar-refractivity contribution in [2.75, 3.05) is 6.61 Å². The molecule has 0 radical (unpaired) electrons. The van der Waals surface area contributed by atoms with E-state index in [1.165, 1.54) is 6.07 Å². The summed E-state index contributed by atoms with van der Waals surface area (Å²) >= 11 is 0. The van der Waals surface area contributed by atoms with E-state index in [9.17, 15) is 14.0 Å². The minimum absolute atomic E-state index is 0.0375. The molecule has 2 unspecified atom stereocenters. The number of hydrogen-bond donors (Lipinski definition) is 0. The number of amides is 1. The predicted octanol–water partition coefficient (Wildman–Crippen LogP) is 6.62. The van der Waals surface area contributed by atoms with Crippen LogP contribution in [0.25, 0.3) is 0 Å². The van der Waals surface area contributed by atoms with Gasteiger partial charge in [0.05, 0.1) is 12.2 Å². The molecule has 1 amide bonds. The molecule has 3 fully saturated rings. The fourth-order valence-electron chi connectivity index (χ4n) is 5.63. The number of carbonyl (C=O) groups is 2. The normalized spacial score (nSPS) is 23.0. The first-order valence-corrected chi connectivity index (χ1v) is 13.4. The van der Waals surface area contributed by atoms with Gasteiger partial charge in [0, 0.05) is 18.2 Å². The number of ether oxygens (including phenoxy) is 3. The summed E-state index contributed by atoms with van der Waals surface area (Å²) in [7, 11) is 0. The number of fused-ring (bicyclic) bond motifs is 2. The number of piperidine rings is 1. The van der Waals surface area contributed by atoms with Gasteiger partial charge in [-0.05, 0) is 88.3 Å². The lowest BCUT2D eigenvalue weighted by Gasteiger charge is -2.38. The number of esters is 1. The smallest absolute Gasteiger partial charge is 0.410 e. The number of benzene rings is 2. The Kier molecular flexibility index (Phi) is 7.15. The molecule has 1 aliphatic carbocycles. The molecule has 0 N–H and O–H groups in total. The summed E-state index contributed by atoms with van der Waals surface area (Å²) in [5.41, 5.74) is 1.13. The molecule has 1 saturated carbocycles. The third-order valence-electron chi connectivity index (χ3n) is 7.46. The molecule has 0 spiro atoms. The van der Waals surface area contributed by atoms with Gasteiger partial charge in [-0.25, -0.2) is 14.0 Å². The molecule has 2 saturated heterocycles. The van der Waals surface area contributed by atoms with Gasteiger partial charge in [0.1, 0.15) is 23.8 Å². The summed E-state index contributed by atoms with van der Waals surface area (Å²) in [6.07, 6.45) is 5.38. The lowest BCUT2D eigenvalue weighted by atomic mass is 9.91. The van der Waals surface area contributed by atoms with E-state index in [1.807, 2.05) is 35.2 Å². The Morgan fingerprint density at radius 1 is 1.00 bits per heavy atom. The van der Waals surface area contributed by atoms with E-state index in [4.69, 9.17) is 14.2 Å². The molecule has 0 aromatic heterocycles. The molecular weight excluding hydrogens is 473 g/mol. The van der Waals surface area contributed by atoms with Crippen LogP contribution < -0.4 is 4.74 Å². The zero-order chi connectivity index (χ0) is 26.2. The Labute approximate surface area is 218 Å². The molecule has 2 bridgehead atoms. The highest BCUT2D eigenvalue weighted by Crippen LogP contribution is 2.46. The van der Waals surface area contributed by atoms with Crippen LogP contribution in [0.2, 0.25) is 0 Å². The summed E-state index contributed by atoms with van der Waals surface area (Å²) in [5.74, 6) is -0.193. The van der Waals surface area contributed by atoms with Crippen molar-refractivity contribution in [1.82, 2.24) is 4.90 Å². The molecule has 2 aliphatic heterocycles. The molecule has 2 atom stereocenters. The second-order valence-electron chi connectivity index (χ2n) is 11.6. The average Bonchev–Trinajstić information content (AvgIpc) is 3.65. The fraction of sp³-hybridized carbons (Fsp3) is 0.533. The fourth-order valence-corrected chi connectivity index (χ4v) is 5.63. The van der Waals surface area contributed by atoms with Crippen LogP contribution in [0.1, 0.15) is 86.7 Å². The van der Waals surface area contributed by atoms with Gasteiger partial charge in [0.15, 0.2) is 0 Å². The van der Waals surface area contributed by atoms with E-state index in [0.29, 0.717) is 12.4 Å². The Morgan fingerprint density at radius 2 is 1.68 bits per heavy atom. The molecule has 5 rings (SSSR count). The summed E-state index contributed by atoms with van der Waals surface area (Å²) < 4.78 is 32.1. The van der Waals surface area contributed by atoms with Crippen LogP contribution in [0.15, 0.2) is 42.5 Å². The Hall–Kier alpha value is -3.09. The van der Waals surface area contributed by atoms with Crippen molar-refractivity contribution in [3.8, 4) is 5.75 Å². The summed E-state index contributed by atoms with van der Waals surface area (Å²) in [6, 6.07) is 13.0. The average molecular weight is 510 g/mol. The maximum absolute atomic E-state index is 14.9. The molecule has 37 heavy (non-hydrogen) atoms. The zero-order valence-electron chi connectivity index (χ0n) is 21.9. The Morgan fingerprint density at radius 3 is 2.30 bits per heavy atom.